The second-order valence-electron chi connectivity index (χ2n) is 3.49. The van der Waals surface area contributed by atoms with Crippen LogP contribution in [0.15, 0.2) is 12.1 Å². The number of nitrogens with two attached hydrogens (primary N) is 1. The molecule has 1 aliphatic rings. The predicted molar refractivity (Wildman–Crippen MR) is 56.6 cm³/mol. The van der Waals surface area contributed by atoms with Gasteiger partial charge in [0.1, 0.15) is 5.75 Å². The van der Waals surface area contributed by atoms with E-state index >= 15 is 0 Å². The van der Waals surface area contributed by atoms with E-state index in [4.69, 9.17) is 19.9 Å². The van der Waals surface area contributed by atoms with Gasteiger partial charge in [-0.3, -0.25) is 0 Å². The van der Waals surface area contributed by atoms with Crippen molar-refractivity contribution in [2.24, 2.45) is 5.73 Å². The second-order valence-corrected chi connectivity index (χ2v) is 3.49. The average Bonchev–Trinajstić information content (AvgIpc) is 2.28. The predicted octanol–water partition coefficient (Wildman–Crippen LogP) is 1.49. The Morgan fingerprint density at radius 2 is 2.13 bits per heavy atom. The van der Waals surface area contributed by atoms with Gasteiger partial charge in [-0.25, -0.2) is 0 Å². The summed E-state index contributed by atoms with van der Waals surface area (Å²) in [5, 5.41) is 0. The fraction of sp³-hybridized carbons (Fsp3) is 0.455. The molecule has 1 aromatic rings. The average molecular weight is 209 g/mol. The van der Waals surface area contributed by atoms with Crippen LogP contribution in [-0.2, 0) is 0 Å². The molecule has 82 valence electrons. The molecule has 2 N–H and O–H groups in total. The van der Waals surface area contributed by atoms with Gasteiger partial charge in [0.15, 0.2) is 11.5 Å². The van der Waals surface area contributed by atoms with Gasteiger partial charge >= 0.3 is 0 Å². The largest absolute Gasteiger partial charge is 0.497 e. The summed E-state index contributed by atoms with van der Waals surface area (Å²) in [7, 11) is 3.23. The highest BCUT2D eigenvalue weighted by atomic mass is 16.5. The lowest BCUT2D eigenvalue weighted by Crippen LogP contribution is -2.21. The number of hydrogen-bond donors (Lipinski definition) is 1. The lowest BCUT2D eigenvalue weighted by atomic mass is 10.0. The third-order valence-corrected chi connectivity index (χ3v) is 2.59. The topological polar surface area (TPSA) is 53.7 Å². The van der Waals surface area contributed by atoms with Crippen LogP contribution in [0, 0.1) is 0 Å². The molecule has 15 heavy (non-hydrogen) atoms. The van der Waals surface area contributed by atoms with E-state index in [-0.39, 0.29) is 6.04 Å². The highest BCUT2D eigenvalue weighted by Gasteiger charge is 2.22. The van der Waals surface area contributed by atoms with Crippen molar-refractivity contribution in [1.82, 2.24) is 0 Å². The molecular formula is C11H15NO3. The highest BCUT2D eigenvalue weighted by molar-refractivity contribution is 5.53. The first kappa shape index (κ1) is 10.1. The molecule has 0 saturated carbocycles. The van der Waals surface area contributed by atoms with Crippen LogP contribution in [0.4, 0.5) is 0 Å². The zero-order valence-electron chi connectivity index (χ0n) is 8.95. The zero-order chi connectivity index (χ0) is 10.8. The molecule has 0 fully saturated rings. The summed E-state index contributed by atoms with van der Waals surface area (Å²) < 4.78 is 16.0. The quantitative estimate of drug-likeness (QED) is 0.801. The fourth-order valence-corrected chi connectivity index (χ4v) is 1.74. The summed E-state index contributed by atoms with van der Waals surface area (Å²) >= 11 is 0. The van der Waals surface area contributed by atoms with Gasteiger partial charge < -0.3 is 19.9 Å². The molecule has 1 heterocycles. The molecule has 0 aromatic heterocycles. The first-order valence-electron chi connectivity index (χ1n) is 4.90. The van der Waals surface area contributed by atoms with Crippen LogP contribution in [0.3, 0.4) is 0 Å². The van der Waals surface area contributed by atoms with Gasteiger partial charge in [-0.15, -0.1) is 0 Å². The van der Waals surface area contributed by atoms with Gasteiger partial charge in [-0.2, -0.15) is 0 Å². The van der Waals surface area contributed by atoms with Crippen LogP contribution < -0.4 is 19.9 Å². The summed E-state index contributed by atoms with van der Waals surface area (Å²) in [6, 6.07) is 3.70. The van der Waals surface area contributed by atoms with Crippen LogP contribution in [0.5, 0.6) is 17.2 Å². The summed E-state index contributed by atoms with van der Waals surface area (Å²) in [5.74, 6) is 2.17. The molecule has 0 bridgehead atoms. The molecule has 4 heteroatoms. The number of ether oxygens (including phenoxy) is 3. The SMILES string of the molecule is COc1cc(OC)c2c(c1)[C@H](N)CCO2. The van der Waals surface area contributed by atoms with Crippen molar-refractivity contribution in [3.63, 3.8) is 0 Å². The maximum atomic E-state index is 6.00. The Balaban J connectivity index is 2.52. The smallest absolute Gasteiger partial charge is 0.166 e. The van der Waals surface area contributed by atoms with Gasteiger partial charge in [0.2, 0.25) is 0 Å². The summed E-state index contributed by atoms with van der Waals surface area (Å²) in [6.45, 7) is 0.636. The number of fused-ring (bicyclic) bond motifs is 1. The molecule has 0 aliphatic carbocycles. The standard InChI is InChI=1S/C11H15NO3/c1-13-7-5-8-9(12)3-4-15-11(8)10(6-7)14-2/h5-6,9H,3-4,12H2,1-2H3/t9-/m1/s1. The van der Waals surface area contributed by atoms with E-state index in [2.05, 4.69) is 0 Å². The van der Waals surface area contributed by atoms with Crippen molar-refractivity contribution in [3.05, 3.63) is 17.7 Å². The second kappa shape index (κ2) is 3.98. The van der Waals surface area contributed by atoms with Crippen molar-refractivity contribution in [1.29, 1.82) is 0 Å². The Bertz CT molecular complexity index is 365. The van der Waals surface area contributed by atoms with Crippen LogP contribution in [0.25, 0.3) is 0 Å². The minimum Gasteiger partial charge on any atom is -0.497 e. The van der Waals surface area contributed by atoms with Crippen LogP contribution in [0.1, 0.15) is 18.0 Å². The van der Waals surface area contributed by atoms with Crippen molar-refractivity contribution in [2.75, 3.05) is 20.8 Å². The van der Waals surface area contributed by atoms with Crippen LogP contribution >= 0.6 is 0 Å². The molecule has 0 amide bonds. The van der Waals surface area contributed by atoms with Crippen molar-refractivity contribution < 1.29 is 14.2 Å². The number of hydrogen-bond acceptors (Lipinski definition) is 4. The van der Waals surface area contributed by atoms with Crippen LogP contribution in [0.2, 0.25) is 0 Å². The Hall–Kier alpha value is -1.42. The number of methoxy groups -OCH3 is 2. The Morgan fingerprint density at radius 3 is 2.80 bits per heavy atom. The van der Waals surface area contributed by atoms with Gasteiger partial charge in [-0.1, -0.05) is 0 Å². The molecule has 1 aromatic carbocycles. The van der Waals surface area contributed by atoms with Gasteiger partial charge in [0.25, 0.3) is 0 Å². The van der Waals surface area contributed by atoms with Crippen LogP contribution in [-0.4, -0.2) is 20.8 Å². The first-order chi connectivity index (χ1) is 7.26. The number of rotatable bonds is 2. The maximum absolute atomic E-state index is 6.00. The van der Waals surface area contributed by atoms with E-state index in [0.717, 1.165) is 23.5 Å². The lowest BCUT2D eigenvalue weighted by Gasteiger charge is -2.25. The summed E-state index contributed by atoms with van der Waals surface area (Å²) in [6.07, 6.45) is 0.823. The summed E-state index contributed by atoms with van der Waals surface area (Å²) in [5.41, 5.74) is 6.96. The van der Waals surface area contributed by atoms with Gasteiger partial charge in [0, 0.05) is 24.1 Å². The minimum absolute atomic E-state index is 0.00208. The molecule has 4 nitrogen and oxygen atoms in total. The van der Waals surface area contributed by atoms with Gasteiger partial charge in [0.05, 0.1) is 20.8 Å². The van der Waals surface area contributed by atoms with Crippen molar-refractivity contribution in [3.8, 4) is 17.2 Å². The molecule has 0 spiro atoms. The monoisotopic (exact) mass is 209 g/mol. The molecule has 1 atom stereocenters. The Labute approximate surface area is 88.9 Å². The zero-order valence-corrected chi connectivity index (χ0v) is 8.95. The normalized spacial score (nSPS) is 19.0. The van der Waals surface area contributed by atoms with Crippen molar-refractivity contribution >= 4 is 0 Å². The van der Waals surface area contributed by atoms with E-state index < -0.39 is 0 Å². The van der Waals surface area contributed by atoms with Gasteiger partial charge in [-0.05, 0) is 6.07 Å². The maximum Gasteiger partial charge on any atom is 0.166 e. The molecule has 2 rings (SSSR count). The van der Waals surface area contributed by atoms with E-state index in [0.29, 0.717) is 12.4 Å². The third-order valence-electron chi connectivity index (χ3n) is 2.59. The molecule has 1 aliphatic heterocycles. The molecular weight excluding hydrogens is 194 g/mol. The molecule has 0 radical (unpaired) electrons. The van der Waals surface area contributed by atoms with Crippen molar-refractivity contribution in [2.45, 2.75) is 12.5 Å². The fourth-order valence-electron chi connectivity index (χ4n) is 1.74. The Kier molecular flexibility index (Phi) is 2.68. The third kappa shape index (κ3) is 1.72. The first-order valence-corrected chi connectivity index (χ1v) is 4.90. The van der Waals surface area contributed by atoms with E-state index in [1.807, 2.05) is 6.07 Å². The minimum atomic E-state index is -0.00208. The van der Waals surface area contributed by atoms with E-state index in [1.165, 1.54) is 0 Å². The molecule has 0 unspecified atom stereocenters. The number of benzene rings is 1. The summed E-state index contributed by atoms with van der Waals surface area (Å²) in [4.78, 5) is 0. The molecule has 0 saturated heterocycles. The van der Waals surface area contributed by atoms with E-state index in [1.54, 1.807) is 20.3 Å². The Morgan fingerprint density at radius 1 is 1.33 bits per heavy atom. The highest BCUT2D eigenvalue weighted by Crippen LogP contribution is 2.41. The van der Waals surface area contributed by atoms with E-state index in [9.17, 15) is 0 Å². The lowest BCUT2D eigenvalue weighted by molar-refractivity contribution is 0.251.